The molecule has 0 fully saturated rings. The van der Waals surface area contributed by atoms with Gasteiger partial charge in [0.25, 0.3) is 0 Å². The molecule has 2 aromatic heterocycles. The fraction of sp³-hybridized carbons (Fsp3) is 0.462. The van der Waals surface area contributed by atoms with Gasteiger partial charge in [-0.3, -0.25) is 0 Å². The molecule has 0 saturated heterocycles. The third-order valence-electron chi connectivity index (χ3n) is 2.85. The molecule has 116 valence electrons. The molecule has 0 aliphatic carbocycles. The largest absolute Gasteiger partial charge is 0.312 e. The standard InChI is InChI=1S/C13H19N3O2S3/c1-3-10-7-15-13(20-10)8-16-21(17,18)12-5-11(19-9-12)6-14-4-2/h5,7,9,14,16H,3-4,6,8H2,1-2H3. The van der Waals surface area contributed by atoms with E-state index in [0.717, 1.165) is 27.7 Å². The summed E-state index contributed by atoms with van der Waals surface area (Å²) in [5, 5.41) is 5.65. The van der Waals surface area contributed by atoms with Crippen molar-refractivity contribution in [3.63, 3.8) is 0 Å². The van der Waals surface area contributed by atoms with E-state index in [2.05, 4.69) is 21.9 Å². The molecule has 8 heteroatoms. The second-order valence-electron chi connectivity index (χ2n) is 4.43. The predicted octanol–water partition coefficient (Wildman–Crippen LogP) is 2.35. The first-order chi connectivity index (χ1) is 10.0. The average molecular weight is 346 g/mol. The number of sulfonamides is 1. The van der Waals surface area contributed by atoms with E-state index in [1.165, 1.54) is 22.7 Å². The number of rotatable bonds is 8. The Morgan fingerprint density at radius 3 is 2.71 bits per heavy atom. The van der Waals surface area contributed by atoms with E-state index >= 15 is 0 Å². The summed E-state index contributed by atoms with van der Waals surface area (Å²) >= 11 is 2.99. The lowest BCUT2D eigenvalue weighted by molar-refractivity contribution is 0.581. The molecular formula is C13H19N3O2S3. The Bertz CT molecular complexity index is 676. The van der Waals surface area contributed by atoms with Crippen LogP contribution in [0.15, 0.2) is 22.5 Å². The van der Waals surface area contributed by atoms with Crippen LogP contribution in [0.5, 0.6) is 0 Å². The SMILES string of the molecule is CCNCc1cc(S(=O)(=O)NCc2ncc(CC)s2)cs1. The van der Waals surface area contributed by atoms with Crippen LogP contribution in [0.1, 0.15) is 28.6 Å². The van der Waals surface area contributed by atoms with E-state index in [4.69, 9.17) is 0 Å². The van der Waals surface area contributed by atoms with Crippen LogP contribution >= 0.6 is 22.7 Å². The Hall–Kier alpha value is -0.800. The van der Waals surface area contributed by atoms with Crippen molar-refractivity contribution in [2.45, 2.75) is 38.3 Å². The molecule has 0 unspecified atom stereocenters. The first-order valence-electron chi connectivity index (χ1n) is 6.76. The predicted molar refractivity (Wildman–Crippen MR) is 87.2 cm³/mol. The number of nitrogens with zero attached hydrogens (tertiary/aromatic N) is 1. The maximum absolute atomic E-state index is 12.2. The molecule has 2 rings (SSSR count). The molecular weight excluding hydrogens is 326 g/mol. The first kappa shape index (κ1) is 16.6. The van der Waals surface area contributed by atoms with Crippen LogP contribution in [0, 0.1) is 0 Å². The first-order valence-corrected chi connectivity index (χ1v) is 9.94. The lowest BCUT2D eigenvalue weighted by atomic mass is 10.4. The maximum atomic E-state index is 12.2. The van der Waals surface area contributed by atoms with Crippen LogP contribution in [-0.2, 0) is 29.5 Å². The van der Waals surface area contributed by atoms with Gasteiger partial charge in [-0.15, -0.1) is 22.7 Å². The highest BCUT2D eigenvalue weighted by Gasteiger charge is 2.16. The molecule has 0 aliphatic heterocycles. The van der Waals surface area contributed by atoms with Gasteiger partial charge in [0, 0.05) is 27.9 Å². The summed E-state index contributed by atoms with van der Waals surface area (Å²) in [6.07, 6.45) is 2.72. The molecule has 0 atom stereocenters. The molecule has 0 saturated carbocycles. The number of aryl methyl sites for hydroxylation is 1. The molecule has 21 heavy (non-hydrogen) atoms. The zero-order valence-corrected chi connectivity index (χ0v) is 14.5. The summed E-state index contributed by atoms with van der Waals surface area (Å²) in [4.78, 5) is 6.71. The summed E-state index contributed by atoms with van der Waals surface area (Å²) in [6.45, 7) is 5.88. The van der Waals surface area contributed by atoms with Crippen molar-refractivity contribution < 1.29 is 8.42 Å². The Morgan fingerprint density at radius 1 is 1.24 bits per heavy atom. The molecule has 2 aromatic rings. The number of aromatic nitrogens is 1. The van der Waals surface area contributed by atoms with Gasteiger partial charge in [-0.1, -0.05) is 13.8 Å². The summed E-state index contributed by atoms with van der Waals surface area (Å²) in [7, 11) is -3.46. The molecule has 0 spiro atoms. The normalized spacial score (nSPS) is 11.9. The van der Waals surface area contributed by atoms with Crippen molar-refractivity contribution in [3.8, 4) is 0 Å². The van der Waals surface area contributed by atoms with Crippen molar-refractivity contribution >= 4 is 32.7 Å². The van der Waals surface area contributed by atoms with E-state index < -0.39 is 10.0 Å². The van der Waals surface area contributed by atoms with Crippen LogP contribution in [0.2, 0.25) is 0 Å². The summed E-state index contributed by atoms with van der Waals surface area (Å²) in [6, 6.07) is 1.72. The number of thiophene rings is 1. The van der Waals surface area contributed by atoms with E-state index in [-0.39, 0.29) is 6.54 Å². The third kappa shape index (κ3) is 4.58. The summed E-state index contributed by atoms with van der Waals surface area (Å²) in [5.41, 5.74) is 0. The monoisotopic (exact) mass is 345 g/mol. The highest BCUT2D eigenvalue weighted by atomic mass is 32.2. The van der Waals surface area contributed by atoms with Crippen molar-refractivity contribution in [1.29, 1.82) is 0 Å². The fourth-order valence-electron chi connectivity index (χ4n) is 1.68. The van der Waals surface area contributed by atoms with Gasteiger partial charge in [-0.05, 0) is 19.0 Å². The minimum atomic E-state index is -3.46. The Labute approximate surface area is 133 Å². The lowest BCUT2D eigenvalue weighted by Crippen LogP contribution is -2.22. The molecule has 0 bridgehead atoms. The fourth-order valence-corrected chi connectivity index (χ4v) is 4.80. The second-order valence-corrected chi connectivity index (χ2v) is 8.39. The van der Waals surface area contributed by atoms with Gasteiger partial charge in [-0.2, -0.15) is 0 Å². The van der Waals surface area contributed by atoms with Gasteiger partial charge in [0.2, 0.25) is 10.0 Å². The molecule has 0 aromatic carbocycles. The van der Waals surface area contributed by atoms with Crippen LogP contribution in [0.25, 0.3) is 0 Å². The van der Waals surface area contributed by atoms with E-state index in [0.29, 0.717) is 11.4 Å². The minimum Gasteiger partial charge on any atom is -0.312 e. The number of thiazole rings is 1. The van der Waals surface area contributed by atoms with Gasteiger partial charge >= 0.3 is 0 Å². The smallest absolute Gasteiger partial charge is 0.241 e. The van der Waals surface area contributed by atoms with E-state index in [9.17, 15) is 8.42 Å². The van der Waals surface area contributed by atoms with Crippen LogP contribution in [0.3, 0.4) is 0 Å². The number of hydrogen-bond donors (Lipinski definition) is 2. The van der Waals surface area contributed by atoms with Crippen LogP contribution in [0.4, 0.5) is 0 Å². The Morgan fingerprint density at radius 2 is 2.05 bits per heavy atom. The van der Waals surface area contributed by atoms with E-state index in [1.807, 2.05) is 6.92 Å². The highest BCUT2D eigenvalue weighted by Crippen LogP contribution is 2.20. The van der Waals surface area contributed by atoms with Gasteiger partial charge in [0.15, 0.2) is 0 Å². The summed E-state index contributed by atoms with van der Waals surface area (Å²) in [5.74, 6) is 0. The zero-order valence-electron chi connectivity index (χ0n) is 12.0. The molecule has 2 heterocycles. The summed E-state index contributed by atoms with van der Waals surface area (Å²) < 4.78 is 27.0. The molecule has 2 N–H and O–H groups in total. The van der Waals surface area contributed by atoms with Gasteiger partial charge in [0.05, 0.1) is 11.4 Å². The quantitative estimate of drug-likeness (QED) is 0.770. The van der Waals surface area contributed by atoms with Crippen molar-refractivity contribution in [3.05, 3.63) is 32.4 Å². The maximum Gasteiger partial charge on any atom is 0.241 e. The average Bonchev–Trinajstić information content (AvgIpc) is 3.12. The molecule has 5 nitrogen and oxygen atoms in total. The van der Waals surface area contributed by atoms with Gasteiger partial charge in [0.1, 0.15) is 5.01 Å². The lowest BCUT2D eigenvalue weighted by Gasteiger charge is -2.02. The molecule has 0 radical (unpaired) electrons. The van der Waals surface area contributed by atoms with Crippen molar-refractivity contribution in [2.75, 3.05) is 6.54 Å². The Balaban J connectivity index is 1.99. The van der Waals surface area contributed by atoms with Crippen LogP contribution < -0.4 is 10.0 Å². The topological polar surface area (TPSA) is 71.1 Å². The highest BCUT2D eigenvalue weighted by molar-refractivity contribution is 7.89. The second kappa shape index (κ2) is 7.46. The zero-order chi connectivity index (χ0) is 15.3. The minimum absolute atomic E-state index is 0.241. The van der Waals surface area contributed by atoms with Crippen molar-refractivity contribution in [2.24, 2.45) is 0 Å². The van der Waals surface area contributed by atoms with Crippen LogP contribution in [-0.4, -0.2) is 19.9 Å². The number of hydrogen-bond acceptors (Lipinski definition) is 6. The Kier molecular flexibility index (Phi) is 5.88. The molecule has 0 aliphatic rings. The van der Waals surface area contributed by atoms with E-state index in [1.54, 1.807) is 17.6 Å². The van der Waals surface area contributed by atoms with Gasteiger partial charge in [-0.25, -0.2) is 18.1 Å². The van der Waals surface area contributed by atoms with Crippen molar-refractivity contribution in [1.82, 2.24) is 15.0 Å². The number of nitrogens with one attached hydrogen (secondary N) is 2. The molecule has 0 amide bonds. The third-order valence-corrected chi connectivity index (χ3v) is 6.46. The van der Waals surface area contributed by atoms with Gasteiger partial charge < -0.3 is 5.32 Å².